The monoisotopic (exact) mass is 485 g/mol. The van der Waals surface area contributed by atoms with Crippen molar-refractivity contribution < 1.29 is 9.21 Å². The van der Waals surface area contributed by atoms with Gasteiger partial charge in [-0.05, 0) is 56.7 Å². The van der Waals surface area contributed by atoms with Crippen LogP contribution in [0, 0.1) is 0 Å². The lowest BCUT2D eigenvalue weighted by molar-refractivity contribution is -0.122. The number of benzene rings is 3. The molecule has 5 nitrogen and oxygen atoms in total. The van der Waals surface area contributed by atoms with Crippen LogP contribution in [0.15, 0.2) is 83.3 Å². The van der Waals surface area contributed by atoms with Gasteiger partial charge in [0.05, 0.1) is 23.5 Å². The molecule has 0 radical (unpaired) electrons. The summed E-state index contributed by atoms with van der Waals surface area (Å²) < 4.78 is 8.29. The summed E-state index contributed by atoms with van der Waals surface area (Å²) in [6.07, 6.45) is 0. The van der Waals surface area contributed by atoms with Gasteiger partial charge in [0.25, 0.3) is 0 Å². The number of nitrogens with zero attached hydrogens (tertiary/aromatic N) is 1. The Morgan fingerprint density at radius 2 is 1.74 bits per heavy atom. The quantitative estimate of drug-likeness (QED) is 0.260. The van der Waals surface area contributed by atoms with Crippen molar-refractivity contribution in [3.05, 3.63) is 101 Å². The molecule has 0 aliphatic rings. The summed E-state index contributed by atoms with van der Waals surface area (Å²) in [5, 5.41) is 6.34. The fourth-order valence-corrected chi connectivity index (χ4v) is 4.91. The van der Waals surface area contributed by atoms with Crippen LogP contribution < -0.4 is 11.1 Å². The lowest BCUT2D eigenvalue weighted by Crippen LogP contribution is -2.36. The second-order valence-corrected chi connectivity index (χ2v) is 9.87. The molecule has 2 aromatic heterocycles. The van der Waals surface area contributed by atoms with Gasteiger partial charge in [-0.2, -0.15) is 0 Å². The van der Waals surface area contributed by atoms with Gasteiger partial charge < -0.3 is 20.0 Å². The maximum Gasteiger partial charge on any atom is 0.227 e. The normalized spacial score (nSPS) is 12.8. The molecule has 0 saturated carbocycles. The molecule has 6 heteroatoms. The molecule has 178 valence electrons. The van der Waals surface area contributed by atoms with Gasteiger partial charge in [0.2, 0.25) is 5.91 Å². The third kappa shape index (κ3) is 4.06. The molecule has 1 atom stereocenters. The third-order valence-corrected chi connectivity index (χ3v) is 7.05. The highest BCUT2D eigenvalue weighted by Gasteiger charge is 2.36. The standard InChI is InChI=1S/C29H28ClN3O2/c1-18(19-12-14-21(30)15-13-19)33-24-10-6-5-9-23(24)26(29(2,3)28(31)34)27(33)32-17-22-16-20-8-4-7-11-25(20)35-22/h4-16,18,32H,17H2,1-3H3,(H2,31,34). The highest BCUT2D eigenvalue weighted by atomic mass is 35.5. The smallest absolute Gasteiger partial charge is 0.227 e. The average molecular weight is 486 g/mol. The summed E-state index contributed by atoms with van der Waals surface area (Å²) in [5.41, 5.74) is 8.86. The van der Waals surface area contributed by atoms with Gasteiger partial charge in [0.1, 0.15) is 17.2 Å². The van der Waals surface area contributed by atoms with Crippen molar-refractivity contribution >= 4 is 45.2 Å². The molecule has 0 aliphatic heterocycles. The van der Waals surface area contributed by atoms with Gasteiger partial charge in [-0.25, -0.2) is 0 Å². The number of carbonyl (C=O) groups excluding carboxylic acids is 1. The first-order valence-corrected chi connectivity index (χ1v) is 12.0. The van der Waals surface area contributed by atoms with Gasteiger partial charge in [-0.1, -0.05) is 60.1 Å². The fraction of sp³-hybridized carbons (Fsp3) is 0.207. The number of nitrogens with one attached hydrogen (secondary N) is 1. The zero-order valence-electron chi connectivity index (χ0n) is 20.0. The van der Waals surface area contributed by atoms with Gasteiger partial charge in [-0.3, -0.25) is 4.79 Å². The molecule has 35 heavy (non-hydrogen) atoms. The van der Waals surface area contributed by atoms with Crippen molar-refractivity contribution in [2.45, 2.75) is 38.8 Å². The van der Waals surface area contributed by atoms with Crippen LogP contribution in [0.2, 0.25) is 5.02 Å². The first kappa shape index (κ1) is 23.1. The molecule has 2 heterocycles. The van der Waals surface area contributed by atoms with Crippen LogP contribution in [-0.2, 0) is 16.8 Å². The Morgan fingerprint density at radius 1 is 1.06 bits per heavy atom. The molecule has 5 rings (SSSR count). The number of carbonyl (C=O) groups is 1. The molecule has 0 bridgehead atoms. The zero-order valence-corrected chi connectivity index (χ0v) is 20.8. The number of rotatable bonds is 7. The van der Waals surface area contributed by atoms with Crippen molar-refractivity contribution in [3.8, 4) is 0 Å². The summed E-state index contributed by atoms with van der Waals surface area (Å²) in [4.78, 5) is 12.6. The van der Waals surface area contributed by atoms with Gasteiger partial charge >= 0.3 is 0 Å². The molecule has 0 spiro atoms. The number of fused-ring (bicyclic) bond motifs is 2. The van der Waals surface area contributed by atoms with Crippen molar-refractivity contribution in [1.29, 1.82) is 0 Å². The van der Waals surface area contributed by atoms with E-state index < -0.39 is 5.41 Å². The fourth-order valence-electron chi connectivity index (χ4n) is 4.78. The maximum atomic E-state index is 12.6. The first-order valence-electron chi connectivity index (χ1n) is 11.7. The minimum Gasteiger partial charge on any atom is -0.459 e. The number of anilines is 1. The minimum atomic E-state index is -0.902. The molecule has 0 aliphatic carbocycles. The van der Waals surface area contributed by atoms with E-state index in [0.717, 1.165) is 44.6 Å². The Morgan fingerprint density at radius 3 is 2.46 bits per heavy atom. The van der Waals surface area contributed by atoms with Crippen LogP contribution in [0.3, 0.4) is 0 Å². The van der Waals surface area contributed by atoms with Gasteiger partial charge in [0.15, 0.2) is 0 Å². The molecular formula is C29H28ClN3O2. The van der Waals surface area contributed by atoms with E-state index in [0.29, 0.717) is 11.6 Å². The number of furan rings is 1. The van der Waals surface area contributed by atoms with E-state index in [1.807, 2.05) is 86.6 Å². The Kier molecular flexibility index (Phi) is 5.81. The van der Waals surface area contributed by atoms with E-state index in [-0.39, 0.29) is 11.9 Å². The Bertz CT molecular complexity index is 1500. The number of nitrogens with two attached hydrogens (primary N) is 1. The number of hydrogen-bond donors (Lipinski definition) is 2. The second-order valence-electron chi connectivity index (χ2n) is 9.43. The third-order valence-electron chi connectivity index (χ3n) is 6.80. The number of aromatic nitrogens is 1. The topological polar surface area (TPSA) is 73.2 Å². The molecule has 5 aromatic rings. The van der Waals surface area contributed by atoms with Crippen LogP contribution in [0.1, 0.15) is 43.7 Å². The van der Waals surface area contributed by atoms with Crippen LogP contribution in [-0.4, -0.2) is 10.5 Å². The van der Waals surface area contributed by atoms with Crippen molar-refractivity contribution in [3.63, 3.8) is 0 Å². The van der Waals surface area contributed by atoms with Crippen molar-refractivity contribution in [2.75, 3.05) is 5.32 Å². The Labute approximate surface area is 209 Å². The summed E-state index contributed by atoms with van der Waals surface area (Å²) in [6, 6.07) is 25.9. The van der Waals surface area contributed by atoms with Gasteiger partial charge in [0, 0.05) is 21.4 Å². The summed E-state index contributed by atoms with van der Waals surface area (Å²) in [6.45, 7) is 6.35. The Balaban J connectivity index is 1.68. The summed E-state index contributed by atoms with van der Waals surface area (Å²) in [5.74, 6) is 1.27. The van der Waals surface area contributed by atoms with Crippen LogP contribution in [0.25, 0.3) is 21.9 Å². The first-order chi connectivity index (χ1) is 16.8. The highest BCUT2D eigenvalue weighted by Crippen LogP contribution is 2.42. The SMILES string of the molecule is CC(c1ccc(Cl)cc1)n1c(NCc2cc3ccccc3o2)c(C(C)(C)C(N)=O)c2ccccc21. The molecule has 1 unspecified atom stereocenters. The zero-order chi connectivity index (χ0) is 24.7. The predicted molar refractivity (Wildman–Crippen MR) is 143 cm³/mol. The number of hydrogen-bond acceptors (Lipinski definition) is 3. The average Bonchev–Trinajstić information content (AvgIpc) is 3.41. The molecule has 1 amide bonds. The number of primary amides is 1. The van der Waals surface area contributed by atoms with E-state index in [9.17, 15) is 4.79 Å². The second kappa shape index (κ2) is 8.82. The minimum absolute atomic E-state index is 0.0345. The number of para-hydroxylation sites is 2. The van der Waals surface area contributed by atoms with Gasteiger partial charge in [-0.15, -0.1) is 0 Å². The van der Waals surface area contributed by atoms with Crippen molar-refractivity contribution in [2.24, 2.45) is 5.73 Å². The molecule has 0 saturated heterocycles. The van der Waals surface area contributed by atoms with Crippen LogP contribution in [0.4, 0.5) is 5.82 Å². The van der Waals surface area contributed by atoms with E-state index in [1.54, 1.807) is 0 Å². The van der Waals surface area contributed by atoms with E-state index in [2.05, 4.69) is 22.9 Å². The number of amides is 1. The Hall–Kier alpha value is -3.70. The highest BCUT2D eigenvalue weighted by molar-refractivity contribution is 6.30. The summed E-state index contributed by atoms with van der Waals surface area (Å²) in [7, 11) is 0. The summed E-state index contributed by atoms with van der Waals surface area (Å²) >= 11 is 6.16. The predicted octanol–water partition coefficient (Wildman–Crippen LogP) is 7.03. The maximum absolute atomic E-state index is 12.6. The van der Waals surface area contributed by atoms with Crippen LogP contribution >= 0.6 is 11.6 Å². The van der Waals surface area contributed by atoms with Crippen molar-refractivity contribution in [1.82, 2.24) is 4.57 Å². The number of halogens is 1. The molecule has 3 N–H and O–H groups in total. The largest absolute Gasteiger partial charge is 0.459 e. The lowest BCUT2D eigenvalue weighted by Gasteiger charge is -2.25. The lowest BCUT2D eigenvalue weighted by atomic mass is 9.83. The van der Waals surface area contributed by atoms with Crippen LogP contribution in [0.5, 0.6) is 0 Å². The van der Waals surface area contributed by atoms with E-state index in [1.165, 1.54) is 0 Å². The van der Waals surface area contributed by atoms with E-state index >= 15 is 0 Å². The van der Waals surface area contributed by atoms with E-state index in [4.69, 9.17) is 21.8 Å². The molecular weight excluding hydrogens is 458 g/mol. The molecule has 3 aromatic carbocycles. The molecule has 0 fully saturated rings.